The average Bonchev–Trinajstić information content (AvgIpc) is 3.62. The number of esters is 2. The maximum absolute atomic E-state index is 12.9. The van der Waals surface area contributed by atoms with Crippen LogP contribution in [0.1, 0.15) is 425 Å². The molecule has 0 aliphatic carbocycles. The number of phosphoric ester groups is 1. The molecular weight excluding hydrogens is 1130 g/mol. The van der Waals surface area contributed by atoms with Crippen LogP contribution in [0, 0.1) is 0 Å². The summed E-state index contributed by atoms with van der Waals surface area (Å²) in [5.41, 5.74) is 0. The minimum absolute atomic E-state index is 0.0268. The lowest BCUT2D eigenvalue weighted by Crippen LogP contribution is -2.37. The first-order chi connectivity index (χ1) is 44.0. The number of unbranched alkanes of at least 4 members (excludes halogenated alkanes) is 58. The number of phosphoric acid groups is 1. The molecule has 0 saturated carbocycles. The summed E-state index contributed by atoms with van der Waals surface area (Å²) in [6.45, 7) is 4.32. The van der Waals surface area contributed by atoms with E-state index >= 15 is 0 Å². The van der Waals surface area contributed by atoms with Crippen molar-refractivity contribution in [3.8, 4) is 0 Å². The van der Waals surface area contributed by atoms with Crippen molar-refractivity contribution < 1.29 is 42.1 Å². The molecule has 0 fully saturated rings. The zero-order valence-corrected chi connectivity index (χ0v) is 62.0. The molecule has 0 aliphatic heterocycles. The molecule has 0 heterocycles. The van der Waals surface area contributed by atoms with Crippen LogP contribution < -0.4 is 4.89 Å². The van der Waals surface area contributed by atoms with Crippen LogP contribution in [0.5, 0.6) is 0 Å². The highest BCUT2D eigenvalue weighted by molar-refractivity contribution is 7.45. The van der Waals surface area contributed by atoms with Gasteiger partial charge in [0.15, 0.2) is 6.10 Å². The summed E-state index contributed by atoms with van der Waals surface area (Å²) in [5, 5.41) is 0. The van der Waals surface area contributed by atoms with Crippen LogP contribution in [0.3, 0.4) is 0 Å². The Morgan fingerprint density at radius 1 is 0.333 bits per heavy atom. The molecule has 0 aromatic carbocycles. The number of allylic oxidation sites excluding steroid dienone is 4. The van der Waals surface area contributed by atoms with Gasteiger partial charge in [-0.1, -0.05) is 372 Å². The first-order valence-corrected chi connectivity index (χ1v) is 41.5. The van der Waals surface area contributed by atoms with Gasteiger partial charge in [-0.15, -0.1) is 0 Å². The Balaban J connectivity index is 3.86. The minimum atomic E-state index is -4.64. The highest BCUT2D eigenvalue weighted by atomic mass is 31.2. The van der Waals surface area contributed by atoms with E-state index in [1.807, 2.05) is 21.1 Å². The summed E-state index contributed by atoms with van der Waals surface area (Å²) < 4.78 is 34.4. The standard InChI is InChI=1S/C80H156NO8P/c1-6-8-10-12-14-16-18-20-22-24-26-28-30-32-33-34-35-36-37-38-39-40-41-42-43-44-45-46-47-49-51-53-55-57-59-61-63-65-67-69-71-73-80(83)89-78(77-88-90(84,85)87-75-74-81(3,4)5)76-86-79(82)72-70-68-66-64-62-60-58-56-54-52-50-48-31-29-27-25-23-21-19-17-15-13-11-9-7-2/h24-27,78H,6-23,28-77H2,1-5H3/b26-24-,27-25-. The maximum atomic E-state index is 12.9. The van der Waals surface area contributed by atoms with Crippen LogP contribution in [-0.2, 0) is 32.7 Å². The first-order valence-electron chi connectivity index (χ1n) is 40.0. The molecule has 534 valence electrons. The van der Waals surface area contributed by atoms with Gasteiger partial charge in [0.1, 0.15) is 19.8 Å². The maximum Gasteiger partial charge on any atom is 0.306 e. The zero-order valence-electron chi connectivity index (χ0n) is 61.1. The van der Waals surface area contributed by atoms with Gasteiger partial charge in [-0.05, 0) is 64.2 Å². The largest absolute Gasteiger partial charge is 0.756 e. The van der Waals surface area contributed by atoms with Gasteiger partial charge in [0.05, 0.1) is 27.7 Å². The number of quaternary nitrogens is 1. The molecule has 2 atom stereocenters. The van der Waals surface area contributed by atoms with E-state index in [0.717, 1.165) is 32.1 Å². The molecule has 0 bridgehead atoms. The van der Waals surface area contributed by atoms with E-state index in [0.29, 0.717) is 17.4 Å². The van der Waals surface area contributed by atoms with Crippen LogP contribution >= 0.6 is 7.82 Å². The SMILES string of the molecule is CCCCCCCCCC/C=C\CCCCCCCCCCCCCCCCCCCCCCCCCCCCCCCC(=O)OC(COC(=O)CCCCCCCCCCCCCCC/C=C\CCCCCCCCCC)COP(=O)([O-])OCC[N+](C)(C)C. The van der Waals surface area contributed by atoms with Gasteiger partial charge in [-0.25, -0.2) is 0 Å². The number of rotatable bonds is 76. The van der Waals surface area contributed by atoms with Crippen LogP contribution in [0.25, 0.3) is 0 Å². The predicted molar refractivity (Wildman–Crippen MR) is 388 cm³/mol. The number of hydrogen-bond acceptors (Lipinski definition) is 8. The second-order valence-electron chi connectivity index (χ2n) is 28.8. The van der Waals surface area contributed by atoms with Crippen LogP contribution in [0.2, 0.25) is 0 Å². The Morgan fingerprint density at radius 3 is 0.822 bits per heavy atom. The Morgan fingerprint density at radius 2 is 0.567 bits per heavy atom. The second-order valence-corrected chi connectivity index (χ2v) is 30.2. The lowest BCUT2D eigenvalue weighted by Gasteiger charge is -2.28. The number of hydrogen-bond donors (Lipinski definition) is 0. The molecule has 0 saturated heterocycles. The number of likely N-dealkylation sites (N-methyl/N-ethyl adjacent to an activating group) is 1. The van der Waals surface area contributed by atoms with Crippen LogP contribution in [0.4, 0.5) is 0 Å². The van der Waals surface area contributed by atoms with Gasteiger partial charge in [-0.2, -0.15) is 0 Å². The van der Waals surface area contributed by atoms with Crippen molar-refractivity contribution in [2.75, 3.05) is 47.5 Å². The third-order valence-corrected chi connectivity index (χ3v) is 19.4. The normalized spacial score (nSPS) is 13.1. The van der Waals surface area contributed by atoms with Gasteiger partial charge in [0, 0.05) is 12.8 Å². The van der Waals surface area contributed by atoms with E-state index in [4.69, 9.17) is 18.5 Å². The van der Waals surface area contributed by atoms with Crippen LogP contribution in [-0.4, -0.2) is 70.0 Å². The third-order valence-electron chi connectivity index (χ3n) is 18.4. The molecule has 9 nitrogen and oxygen atoms in total. The fraction of sp³-hybridized carbons (Fsp3) is 0.925. The Labute approximate surface area is 561 Å². The molecule has 0 N–H and O–H groups in total. The van der Waals surface area contributed by atoms with Crippen LogP contribution in [0.15, 0.2) is 24.3 Å². The molecule has 0 rings (SSSR count). The quantitative estimate of drug-likeness (QED) is 0.0195. The monoisotopic (exact) mass is 1290 g/mol. The van der Waals surface area contributed by atoms with Gasteiger partial charge in [-0.3, -0.25) is 14.2 Å². The molecule has 2 unspecified atom stereocenters. The fourth-order valence-corrected chi connectivity index (χ4v) is 13.0. The summed E-state index contributed by atoms with van der Waals surface area (Å²) in [4.78, 5) is 38.1. The molecule has 0 spiro atoms. The molecule has 90 heavy (non-hydrogen) atoms. The topological polar surface area (TPSA) is 111 Å². The van der Waals surface area contributed by atoms with E-state index in [-0.39, 0.29) is 32.0 Å². The Hall–Kier alpha value is -1.51. The predicted octanol–water partition coefficient (Wildman–Crippen LogP) is 25.8. The van der Waals surface area contributed by atoms with Crippen molar-refractivity contribution in [3.63, 3.8) is 0 Å². The molecule has 10 heteroatoms. The van der Waals surface area contributed by atoms with Crippen molar-refractivity contribution >= 4 is 19.8 Å². The summed E-state index contributed by atoms with van der Waals surface area (Å²) in [6.07, 6.45) is 91.7. The minimum Gasteiger partial charge on any atom is -0.756 e. The van der Waals surface area contributed by atoms with Gasteiger partial charge in [0.2, 0.25) is 0 Å². The Bertz CT molecular complexity index is 1560. The Kier molecular flexibility index (Phi) is 70.6. The summed E-state index contributed by atoms with van der Waals surface area (Å²) in [5.74, 6) is -0.808. The fourth-order valence-electron chi connectivity index (χ4n) is 12.3. The second kappa shape index (κ2) is 71.8. The molecule has 0 radical (unpaired) electrons. The van der Waals surface area contributed by atoms with Gasteiger partial charge < -0.3 is 27.9 Å². The molecule has 0 amide bonds. The van der Waals surface area contributed by atoms with Crippen molar-refractivity contribution in [3.05, 3.63) is 24.3 Å². The number of carbonyl (C=O) groups is 2. The summed E-state index contributed by atoms with van der Waals surface area (Å²) >= 11 is 0. The molecular formula is C80H156NO8P. The highest BCUT2D eigenvalue weighted by Gasteiger charge is 2.22. The van der Waals surface area contributed by atoms with E-state index in [1.165, 1.54) is 360 Å². The van der Waals surface area contributed by atoms with Gasteiger partial charge in [0.25, 0.3) is 7.82 Å². The number of ether oxygens (including phenoxy) is 2. The smallest absolute Gasteiger partial charge is 0.306 e. The first kappa shape index (κ1) is 88.5. The highest BCUT2D eigenvalue weighted by Crippen LogP contribution is 2.38. The van der Waals surface area contributed by atoms with Gasteiger partial charge >= 0.3 is 11.9 Å². The molecule has 0 aromatic heterocycles. The molecule has 0 aromatic rings. The van der Waals surface area contributed by atoms with E-state index in [9.17, 15) is 19.0 Å². The zero-order chi connectivity index (χ0) is 65.5. The van der Waals surface area contributed by atoms with E-state index in [1.54, 1.807) is 0 Å². The van der Waals surface area contributed by atoms with Crippen molar-refractivity contribution in [2.24, 2.45) is 0 Å². The van der Waals surface area contributed by atoms with Crippen molar-refractivity contribution in [2.45, 2.75) is 431 Å². The van der Waals surface area contributed by atoms with E-state index in [2.05, 4.69) is 38.2 Å². The number of nitrogens with zero attached hydrogens (tertiary/aromatic N) is 1. The summed E-state index contributed by atoms with van der Waals surface area (Å²) in [6, 6.07) is 0. The third kappa shape index (κ3) is 75.5. The van der Waals surface area contributed by atoms with E-state index < -0.39 is 26.5 Å². The molecule has 0 aliphatic rings. The van der Waals surface area contributed by atoms with Crippen molar-refractivity contribution in [1.82, 2.24) is 0 Å². The number of carbonyl (C=O) groups excluding carboxylic acids is 2. The lowest BCUT2D eigenvalue weighted by molar-refractivity contribution is -0.870. The summed E-state index contributed by atoms with van der Waals surface area (Å²) in [7, 11) is 1.19. The average molecular weight is 1290 g/mol. The van der Waals surface area contributed by atoms with Crippen molar-refractivity contribution in [1.29, 1.82) is 0 Å². The lowest BCUT2D eigenvalue weighted by atomic mass is 10.0.